The van der Waals surface area contributed by atoms with Crippen LogP contribution < -0.4 is 10.5 Å². The second-order valence-electron chi connectivity index (χ2n) is 2.41. The molecule has 1 rings (SSSR count). The molecule has 14 heavy (non-hydrogen) atoms. The highest BCUT2D eigenvalue weighted by Gasteiger charge is 2.18. The molecule has 2 N–H and O–H groups in total. The number of anilines is 1. The number of hydrogen-bond donors (Lipinski definition) is 1. The highest BCUT2D eigenvalue weighted by atomic mass is 35.5. The fourth-order valence-corrected chi connectivity index (χ4v) is 1.16. The van der Waals surface area contributed by atoms with E-state index in [1.54, 1.807) is 0 Å². The molecule has 1 aromatic heterocycles. The average molecular weight is 217 g/mol. The number of hydrogen-bond acceptors (Lipinski definition) is 5. The third kappa shape index (κ3) is 1.88. The molecular formula is C8H9ClN2O3. The van der Waals surface area contributed by atoms with Crippen molar-refractivity contribution in [1.29, 1.82) is 0 Å². The monoisotopic (exact) mass is 216 g/mol. The number of nitrogens with two attached hydrogens (primary N) is 1. The van der Waals surface area contributed by atoms with Crippen molar-refractivity contribution in [3.63, 3.8) is 0 Å². The van der Waals surface area contributed by atoms with E-state index in [9.17, 15) is 4.79 Å². The van der Waals surface area contributed by atoms with Crippen molar-refractivity contribution in [2.24, 2.45) is 0 Å². The summed E-state index contributed by atoms with van der Waals surface area (Å²) < 4.78 is 9.37. The van der Waals surface area contributed by atoms with Gasteiger partial charge < -0.3 is 15.2 Å². The van der Waals surface area contributed by atoms with Crippen LogP contribution in [0, 0.1) is 0 Å². The number of carbonyl (C=O) groups is 1. The summed E-state index contributed by atoms with van der Waals surface area (Å²) in [6.45, 7) is 0. The van der Waals surface area contributed by atoms with E-state index in [2.05, 4.69) is 9.72 Å². The van der Waals surface area contributed by atoms with Crippen LogP contribution in [0.5, 0.6) is 5.88 Å². The first-order valence-electron chi connectivity index (χ1n) is 3.68. The molecule has 0 bridgehead atoms. The van der Waals surface area contributed by atoms with E-state index < -0.39 is 5.97 Å². The lowest BCUT2D eigenvalue weighted by atomic mass is 10.2. The minimum absolute atomic E-state index is 0.0573. The predicted octanol–water partition coefficient (Wildman–Crippen LogP) is 1.11. The van der Waals surface area contributed by atoms with Gasteiger partial charge in [-0.05, 0) is 6.07 Å². The highest BCUT2D eigenvalue weighted by Crippen LogP contribution is 2.25. The molecule has 1 heterocycles. The van der Waals surface area contributed by atoms with Gasteiger partial charge >= 0.3 is 5.97 Å². The molecule has 0 saturated carbocycles. The van der Waals surface area contributed by atoms with Crippen LogP contribution in [0.2, 0.25) is 5.15 Å². The third-order valence-electron chi connectivity index (χ3n) is 1.57. The standard InChI is InChI=1S/C8H9ClN2O3/c1-13-7-6(8(12)14-2)4(10)3-5(9)11-7/h3H,1-2H3,(H2,10,11). The van der Waals surface area contributed by atoms with Crippen LogP contribution in [0.15, 0.2) is 6.07 Å². The highest BCUT2D eigenvalue weighted by molar-refractivity contribution is 6.30. The van der Waals surface area contributed by atoms with E-state index in [0.717, 1.165) is 0 Å². The lowest BCUT2D eigenvalue weighted by Crippen LogP contribution is -2.09. The molecule has 0 amide bonds. The van der Waals surface area contributed by atoms with Crippen molar-refractivity contribution in [3.05, 3.63) is 16.8 Å². The van der Waals surface area contributed by atoms with Crippen LogP contribution in [0.1, 0.15) is 10.4 Å². The zero-order valence-electron chi connectivity index (χ0n) is 7.70. The number of aromatic nitrogens is 1. The molecular weight excluding hydrogens is 208 g/mol. The van der Waals surface area contributed by atoms with E-state index in [1.807, 2.05) is 0 Å². The minimum atomic E-state index is -0.608. The topological polar surface area (TPSA) is 74.4 Å². The number of rotatable bonds is 2. The normalized spacial score (nSPS) is 9.64. The number of nitrogens with zero attached hydrogens (tertiary/aromatic N) is 1. The minimum Gasteiger partial charge on any atom is -0.480 e. The molecule has 76 valence electrons. The van der Waals surface area contributed by atoms with Gasteiger partial charge in [-0.15, -0.1) is 0 Å². The Labute approximate surface area is 85.8 Å². The maximum absolute atomic E-state index is 11.3. The van der Waals surface area contributed by atoms with Gasteiger partial charge in [0.25, 0.3) is 0 Å². The van der Waals surface area contributed by atoms with Crippen molar-refractivity contribution in [2.45, 2.75) is 0 Å². The molecule has 0 spiro atoms. The van der Waals surface area contributed by atoms with E-state index in [4.69, 9.17) is 22.1 Å². The number of carbonyl (C=O) groups excluding carboxylic acids is 1. The molecule has 0 saturated heterocycles. The zero-order chi connectivity index (χ0) is 10.7. The molecule has 0 aromatic carbocycles. The van der Waals surface area contributed by atoms with Crippen molar-refractivity contribution in [3.8, 4) is 5.88 Å². The first-order valence-corrected chi connectivity index (χ1v) is 4.06. The summed E-state index contributed by atoms with van der Waals surface area (Å²) in [5.74, 6) is -0.551. The van der Waals surface area contributed by atoms with E-state index in [1.165, 1.54) is 20.3 Å². The SMILES string of the molecule is COC(=O)c1c(N)cc(Cl)nc1OC. The van der Waals surface area contributed by atoms with Crippen LogP contribution in [0.4, 0.5) is 5.69 Å². The average Bonchev–Trinajstić information content (AvgIpc) is 2.15. The Hall–Kier alpha value is -1.49. The number of methoxy groups -OCH3 is 2. The summed E-state index contributed by atoms with van der Waals surface area (Å²) in [6, 6.07) is 1.36. The van der Waals surface area contributed by atoms with E-state index in [0.29, 0.717) is 0 Å². The molecule has 0 unspecified atom stereocenters. The van der Waals surface area contributed by atoms with Gasteiger partial charge in [0.1, 0.15) is 10.7 Å². The van der Waals surface area contributed by atoms with Crippen molar-refractivity contribution < 1.29 is 14.3 Å². The Kier molecular flexibility index (Phi) is 3.14. The molecule has 0 aliphatic heterocycles. The fourth-order valence-electron chi connectivity index (χ4n) is 0.964. The first-order chi connectivity index (χ1) is 6.60. The van der Waals surface area contributed by atoms with Crippen LogP contribution in [-0.4, -0.2) is 25.2 Å². The quantitative estimate of drug-likeness (QED) is 0.592. The Bertz CT molecular complexity index is 368. The molecule has 0 aliphatic rings. The van der Waals surface area contributed by atoms with Gasteiger partial charge in [-0.3, -0.25) is 0 Å². The molecule has 0 atom stereocenters. The first kappa shape index (κ1) is 10.6. The molecule has 0 fully saturated rings. The number of esters is 1. The Morgan fingerprint density at radius 1 is 1.57 bits per heavy atom. The Morgan fingerprint density at radius 2 is 2.21 bits per heavy atom. The van der Waals surface area contributed by atoms with E-state index >= 15 is 0 Å². The second-order valence-corrected chi connectivity index (χ2v) is 2.80. The molecule has 0 radical (unpaired) electrons. The van der Waals surface area contributed by atoms with Crippen molar-refractivity contribution >= 4 is 23.3 Å². The molecule has 0 aliphatic carbocycles. The van der Waals surface area contributed by atoms with Gasteiger partial charge in [-0.2, -0.15) is 0 Å². The van der Waals surface area contributed by atoms with Gasteiger partial charge in [0.05, 0.1) is 19.9 Å². The number of ether oxygens (including phenoxy) is 2. The number of nitrogen functional groups attached to an aromatic ring is 1. The predicted molar refractivity (Wildman–Crippen MR) is 51.6 cm³/mol. The fraction of sp³-hybridized carbons (Fsp3) is 0.250. The van der Waals surface area contributed by atoms with Crippen LogP contribution in [0.25, 0.3) is 0 Å². The second kappa shape index (κ2) is 4.15. The lowest BCUT2D eigenvalue weighted by molar-refractivity contribution is 0.0597. The summed E-state index contributed by atoms with van der Waals surface area (Å²) in [5, 5.41) is 0.159. The maximum Gasteiger partial charge on any atom is 0.345 e. The van der Waals surface area contributed by atoms with Gasteiger partial charge in [-0.25, -0.2) is 9.78 Å². The number of pyridine rings is 1. The molecule has 6 heteroatoms. The van der Waals surface area contributed by atoms with Crippen LogP contribution in [0.3, 0.4) is 0 Å². The lowest BCUT2D eigenvalue weighted by Gasteiger charge is -2.08. The number of halogens is 1. The van der Waals surface area contributed by atoms with Crippen molar-refractivity contribution in [1.82, 2.24) is 4.98 Å². The van der Waals surface area contributed by atoms with Gasteiger partial charge in [-0.1, -0.05) is 11.6 Å². The summed E-state index contributed by atoms with van der Waals surface area (Å²) in [4.78, 5) is 15.0. The Morgan fingerprint density at radius 3 is 2.71 bits per heavy atom. The summed E-state index contributed by atoms with van der Waals surface area (Å²) >= 11 is 5.63. The Balaban J connectivity index is 3.32. The third-order valence-corrected chi connectivity index (χ3v) is 1.76. The summed E-state index contributed by atoms with van der Waals surface area (Å²) in [5.41, 5.74) is 5.83. The molecule has 5 nitrogen and oxygen atoms in total. The summed E-state index contributed by atoms with van der Waals surface area (Å²) in [7, 11) is 2.61. The zero-order valence-corrected chi connectivity index (χ0v) is 8.46. The maximum atomic E-state index is 11.3. The smallest absolute Gasteiger partial charge is 0.345 e. The van der Waals surface area contributed by atoms with Crippen LogP contribution >= 0.6 is 11.6 Å². The summed E-state index contributed by atoms with van der Waals surface area (Å²) in [6.07, 6.45) is 0. The van der Waals surface area contributed by atoms with Gasteiger partial charge in [0.15, 0.2) is 0 Å². The molecule has 1 aromatic rings. The van der Waals surface area contributed by atoms with Gasteiger partial charge in [0.2, 0.25) is 5.88 Å². The van der Waals surface area contributed by atoms with Gasteiger partial charge in [0, 0.05) is 0 Å². The largest absolute Gasteiger partial charge is 0.480 e. The van der Waals surface area contributed by atoms with Crippen molar-refractivity contribution in [2.75, 3.05) is 20.0 Å². The van der Waals surface area contributed by atoms with E-state index in [-0.39, 0.29) is 22.3 Å². The van der Waals surface area contributed by atoms with Crippen LogP contribution in [-0.2, 0) is 4.74 Å².